The lowest BCUT2D eigenvalue weighted by Crippen LogP contribution is -2.31. The van der Waals surface area contributed by atoms with E-state index >= 15 is 0 Å². The van der Waals surface area contributed by atoms with E-state index in [9.17, 15) is 4.79 Å². The van der Waals surface area contributed by atoms with Crippen LogP contribution in [0.1, 0.15) is 18.9 Å². The van der Waals surface area contributed by atoms with E-state index in [1.807, 2.05) is 37.3 Å². The number of amides is 1. The van der Waals surface area contributed by atoms with Crippen molar-refractivity contribution in [1.82, 2.24) is 10.3 Å². The second kappa shape index (κ2) is 6.82. The van der Waals surface area contributed by atoms with Crippen LogP contribution in [0.25, 0.3) is 17.0 Å². The SMILES string of the molecule is CC(CCO)NC(=O)/C=C/c1cccc2cccnc12. The predicted molar refractivity (Wildman–Crippen MR) is 80.1 cm³/mol. The van der Waals surface area contributed by atoms with Crippen LogP contribution in [0.3, 0.4) is 0 Å². The minimum absolute atomic E-state index is 0.0391. The first kappa shape index (κ1) is 14.2. The van der Waals surface area contributed by atoms with E-state index in [1.165, 1.54) is 6.08 Å². The molecule has 104 valence electrons. The van der Waals surface area contributed by atoms with E-state index in [1.54, 1.807) is 12.3 Å². The molecule has 2 N–H and O–H groups in total. The number of hydrogen-bond donors (Lipinski definition) is 2. The average molecular weight is 270 g/mol. The summed E-state index contributed by atoms with van der Waals surface area (Å²) < 4.78 is 0. The van der Waals surface area contributed by atoms with Gasteiger partial charge in [-0.3, -0.25) is 9.78 Å². The second-order valence-corrected chi connectivity index (χ2v) is 4.68. The molecule has 1 unspecified atom stereocenters. The van der Waals surface area contributed by atoms with Gasteiger partial charge in [-0.15, -0.1) is 0 Å². The number of aromatic nitrogens is 1. The highest BCUT2D eigenvalue weighted by atomic mass is 16.3. The summed E-state index contributed by atoms with van der Waals surface area (Å²) in [6.07, 6.45) is 5.55. The summed E-state index contributed by atoms with van der Waals surface area (Å²) in [5.41, 5.74) is 1.79. The standard InChI is InChI=1S/C16H18N2O2/c1-12(9-11-19)18-15(20)8-7-14-5-2-4-13-6-3-10-17-16(13)14/h2-8,10,12,19H,9,11H2,1H3,(H,18,20)/b8-7+. The van der Waals surface area contributed by atoms with E-state index in [-0.39, 0.29) is 18.6 Å². The Morgan fingerprint density at radius 3 is 3.00 bits per heavy atom. The lowest BCUT2D eigenvalue weighted by Gasteiger charge is -2.10. The molecule has 0 radical (unpaired) electrons. The Morgan fingerprint density at radius 2 is 2.20 bits per heavy atom. The summed E-state index contributed by atoms with van der Waals surface area (Å²) >= 11 is 0. The topological polar surface area (TPSA) is 62.2 Å². The highest BCUT2D eigenvalue weighted by Gasteiger charge is 2.04. The number of para-hydroxylation sites is 1. The van der Waals surface area contributed by atoms with Crippen LogP contribution >= 0.6 is 0 Å². The fraction of sp³-hybridized carbons (Fsp3) is 0.250. The fourth-order valence-corrected chi connectivity index (χ4v) is 1.98. The molecule has 2 rings (SSSR count). The van der Waals surface area contributed by atoms with Crippen molar-refractivity contribution < 1.29 is 9.90 Å². The van der Waals surface area contributed by atoms with E-state index in [2.05, 4.69) is 10.3 Å². The van der Waals surface area contributed by atoms with E-state index in [0.717, 1.165) is 16.5 Å². The molecule has 0 aliphatic rings. The van der Waals surface area contributed by atoms with Crippen LogP contribution < -0.4 is 5.32 Å². The van der Waals surface area contributed by atoms with Gasteiger partial charge in [0.2, 0.25) is 5.91 Å². The number of aliphatic hydroxyl groups is 1. The van der Waals surface area contributed by atoms with Crippen LogP contribution in [0.2, 0.25) is 0 Å². The van der Waals surface area contributed by atoms with Crippen LogP contribution in [-0.2, 0) is 4.79 Å². The Kier molecular flexibility index (Phi) is 4.85. The third-order valence-electron chi connectivity index (χ3n) is 3.03. The van der Waals surface area contributed by atoms with Gasteiger partial charge < -0.3 is 10.4 Å². The highest BCUT2D eigenvalue weighted by Crippen LogP contribution is 2.16. The smallest absolute Gasteiger partial charge is 0.244 e. The Hall–Kier alpha value is -2.20. The molecule has 0 fully saturated rings. The van der Waals surface area contributed by atoms with Crippen molar-refractivity contribution in [2.75, 3.05) is 6.61 Å². The minimum atomic E-state index is -0.168. The Morgan fingerprint density at radius 1 is 1.40 bits per heavy atom. The maximum Gasteiger partial charge on any atom is 0.244 e. The normalized spacial score (nSPS) is 12.7. The number of aliphatic hydroxyl groups excluding tert-OH is 1. The Balaban J connectivity index is 2.12. The van der Waals surface area contributed by atoms with Crippen molar-refractivity contribution >= 4 is 22.9 Å². The molecule has 0 aliphatic heterocycles. The van der Waals surface area contributed by atoms with Crippen molar-refractivity contribution in [2.45, 2.75) is 19.4 Å². The second-order valence-electron chi connectivity index (χ2n) is 4.68. The van der Waals surface area contributed by atoms with Crippen LogP contribution in [-0.4, -0.2) is 28.6 Å². The summed E-state index contributed by atoms with van der Waals surface area (Å²) in [7, 11) is 0. The van der Waals surface area contributed by atoms with Gasteiger partial charge in [-0.2, -0.15) is 0 Å². The zero-order valence-electron chi connectivity index (χ0n) is 11.4. The molecular weight excluding hydrogens is 252 g/mol. The zero-order chi connectivity index (χ0) is 14.4. The summed E-state index contributed by atoms with van der Waals surface area (Å²) in [6, 6.07) is 9.69. The summed E-state index contributed by atoms with van der Waals surface area (Å²) in [4.78, 5) is 16.1. The first-order chi connectivity index (χ1) is 9.70. The molecule has 20 heavy (non-hydrogen) atoms. The molecule has 0 spiro atoms. The number of nitrogens with zero attached hydrogens (tertiary/aromatic N) is 1. The largest absolute Gasteiger partial charge is 0.396 e. The maximum atomic E-state index is 11.7. The predicted octanol–water partition coefficient (Wildman–Crippen LogP) is 2.14. The van der Waals surface area contributed by atoms with Gasteiger partial charge in [0, 0.05) is 35.9 Å². The Bertz CT molecular complexity index is 617. The molecule has 4 nitrogen and oxygen atoms in total. The van der Waals surface area contributed by atoms with Crippen molar-refractivity contribution in [3.8, 4) is 0 Å². The molecule has 1 atom stereocenters. The molecule has 2 aromatic rings. The van der Waals surface area contributed by atoms with Gasteiger partial charge in [-0.05, 0) is 25.5 Å². The quantitative estimate of drug-likeness (QED) is 0.818. The van der Waals surface area contributed by atoms with Gasteiger partial charge in [0.05, 0.1) is 5.52 Å². The van der Waals surface area contributed by atoms with Gasteiger partial charge in [0.25, 0.3) is 0 Å². The molecule has 1 aromatic heterocycles. The minimum Gasteiger partial charge on any atom is -0.396 e. The zero-order valence-corrected chi connectivity index (χ0v) is 11.4. The molecule has 0 saturated heterocycles. The van der Waals surface area contributed by atoms with Crippen molar-refractivity contribution in [3.05, 3.63) is 48.2 Å². The number of carbonyl (C=O) groups is 1. The number of nitrogens with one attached hydrogen (secondary N) is 1. The van der Waals surface area contributed by atoms with Gasteiger partial charge in [0.1, 0.15) is 0 Å². The number of fused-ring (bicyclic) bond motifs is 1. The third-order valence-corrected chi connectivity index (χ3v) is 3.03. The van der Waals surface area contributed by atoms with E-state index in [0.29, 0.717) is 6.42 Å². The summed E-state index contributed by atoms with van der Waals surface area (Å²) in [5.74, 6) is -0.168. The molecular formula is C16H18N2O2. The first-order valence-electron chi connectivity index (χ1n) is 6.64. The van der Waals surface area contributed by atoms with Gasteiger partial charge >= 0.3 is 0 Å². The average Bonchev–Trinajstić information content (AvgIpc) is 2.45. The van der Waals surface area contributed by atoms with E-state index < -0.39 is 0 Å². The number of hydrogen-bond acceptors (Lipinski definition) is 3. The van der Waals surface area contributed by atoms with Crippen LogP contribution in [0.5, 0.6) is 0 Å². The molecule has 1 heterocycles. The summed E-state index contributed by atoms with van der Waals surface area (Å²) in [6.45, 7) is 1.93. The number of benzene rings is 1. The first-order valence-corrected chi connectivity index (χ1v) is 6.64. The lowest BCUT2D eigenvalue weighted by atomic mass is 10.1. The van der Waals surface area contributed by atoms with E-state index in [4.69, 9.17) is 5.11 Å². The van der Waals surface area contributed by atoms with Gasteiger partial charge in [-0.25, -0.2) is 0 Å². The molecule has 0 saturated carbocycles. The van der Waals surface area contributed by atoms with Crippen molar-refractivity contribution in [3.63, 3.8) is 0 Å². The van der Waals surface area contributed by atoms with Crippen LogP contribution in [0.15, 0.2) is 42.6 Å². The Labute approximate surface area is 118 Å². The monoisotopic (exact) mass is 270 g/mol. The van der Waals surface area contributed by atoms with Crippen molar-refractivity contribution in [1.29, 1.82) is 0 Å². The van der Waals surface area contributed by atoms with Gasteiger partial charge in [-0.1, -0.05) is 24.3 Å². The number of pyridine rings is 1. The van der Waals surface area contributed by atoms with Crippen molar-refractivity contribution in [2.24, 2.45) is 0 Å². The third kappa shape index (κ3) is 3.65. The lowest BCUT2D eigenvalue weighted by molar-refractivity contribution is -0.117. The maximum absolute atomic E-state index is 11.7. The molecule has 1 amide bonds. The number of carbonyl (C=O) groups excluding carboxylic acids is 1. The molecule has 0 bridgehead atoms. The molecule has 0 aliphatic carbocycles. The van der Waals surface area contributed by atoms with Gasteiger partial charge in [0.15, 0.2) is 0 Å². The number of rotatable bonds is 5. The highest BCUT2D eigenvalue weighted by molar-refractivity contribution is 5.95. The fourth-order valence-electron chi connectivity index (χ4n) is 1.98. The molecule has 1 aromatic carbocycles. The summed E-state index contributed by atoms with van der Waals surface area (Å²) in [5, 5.41) is 12.6. The van der Waals surface area contributed by atoms with Crippen LogP contribution in [0, 0.1) is 0 Å². The molecule has 4 heteroatoms. The van der Waals surface area contributed by atoms with Crippen LogP contribution in [0.4, 0.5) is 0 Å².